The van der Waals surface area contributed by atoms with Gasteiger partial charge in [0.2, 0.25) is 0 Å². The Hall–Kier alpha value is 0.230. The van der Waals surface area contributed by atoms with Crippen LogP contribution in [0.15, 0.2) is 0 Å². The molecular weight excluding hydrogens is 268 g/mol. The average Bonchev–Trinajstić information content (AvgIpc) is 2.43. The third-order valence-electron chi connectivity index (χ3n) is 4.48. The lowest BCUT2D eigenvalue weighted by molar-refractivity contribution is -0.00636. The largest absolute Gasteiger partial charge is 0.381 e. The molecule has 0 saturated carbocycles. The highest BCUT2D eigenvalue weighted by Gasteiger charge is 2.34. The molecule has 0 spiro atoms. The molecule has 20 heavy (non-hydrogen) atoms. The second-order valence-electron chi connectivity index (χ2n) is 6.58. The van der Waals surface area contributed by atoms with E-state index in [-0.39, 0.29) is 0 Å². The molecule has 120 valence electrons. The van der Waals surface area contributed by atoms with E-state index in [2.05, 4.69) is 44.3 Å². The van der Waals surface area contributed by atoms with Gasteiger partial charge < -0.3 is 15.0 Å². The molecule has 4 heteroatoms. The van der Waals surface area contributed by atoms with Gasteiger partial charge in [-0.05, 0) is 38.0 Å². The molecule has 0 amide bonds. The molecule has 0 aromatic carbocycles. The van der Waals surface area contributed by atoms with Crippen molar-refractivity contribution in [3.63, 3.8) is 0 Å². The van der Waals surface area contributed by atoms with Crippen LogP contribution < -0.4 is 5.32 Å². The molecule has 0 aromatic rings. The summed E-state index contributed by atoms with van der Waals surface area (Å²) in [6, 6.07) is 1.26. The molecule has 0 aromatic heterocycles. The van der Waals surface area contributed by atoms with Crippen molar-refractivity contribution < 1.29 is 4.74 Å². The fourth-order valence-electron chi connectivity index (χ4n) is 3.02. The monoisotopic (exact) mass is 302 g/mol. The lowest BCUT2D eigenvalue weighted by Gasteiger charge is -2.42. The van der Waals surface area contributed by atoms with Gasteiger partial charge in [0.05, 0.1) is 0 Å². The molecule has 1 saturated heterocycles. The van der Waals surface area contributed by atoms with Gasteiger partial charge in [-0.1, -0.05) is 20.8 Å². The van der Waals surface area contributed by atoms with Crippen molar-refractivity contribution in [1.29, 1.82) is 0 Å². The molecule has 1 rings (SSSR count). The second kappa shape index (κ2) is 9.29. The highest BCUT2D eigenvalue weighted by atomic mass is 32.2. The Morgan fingerprint density at radius 1 is 1.30 bits per heavy atom. The van der Waals surface area contributed by atoms with Crippen LogP contribution in [0, 0.1) is 5.41 Å². The van der Waals surface area contributed by atoms with Gasteiger partial charge >= 0.3 is 0 Å². The van der Waals surface area contributed by atoms with Gasteiger partial charge in [-0.2, -0.15) is 11.8 Å². The summed E-state index contributed by atoms with van der Waals surface area (Å²) >= 11 is 1.96. The van der Waals surface area contributed by atoms with Crippen molar-refractivity contribution in [1.82, 2.24) is 10.2 Å². The number of ether oxygens (including phenoxy) is 1. The minimum atomic E-state index is 0.392. The Morgan fingerprint density at radius 3 is 2.45 bits per heavy atom. The quantitative estimate of drug-likeness (QED) is 0.708. The van der Waals surface area contributed by atoms with Crippen LogP contribution in [-0.4, -0.2) is 62.3 Å². The Kier molecular flexibility index (Phi) is 8.49. The molecule has 1 atom stereocenters. The molecule has 3 nitrogen and oxygen atoms in total. The van der Waals surface area contributed by atoms with E-state index in [0.717, 1.165) is 19.8 Å². The third-order valence-corrected chi connectivity index (χ3v) is 5.20. The summed E-state index contributed by atoms with van der Waals surface area (Å²) in [4.78, 5) is 2.59. The first-order valence-electron chi connectivity index (χ1n) is 8.03. The minimum Gasteiger partial charge on any atom is -0.381 e. The zero-order chi connectivity index (χ0) is 15.0. The highest BCUT2D eigenvalue weighted by molar-refractivity contribution is 7.98. The molecule has 1 unspecified atom stereocenters. The smallest absolute Gasteiger partial charge is 0.0472 e. The van der Waals surface area contributed by atoms with E-state index in [1.165, 1.54) is 31.6 Å². The maximum Gasteiger partial charge on any atom is 0.0472 e. The molecule has 0 aliphatic carbocycles. The average molecular weight is 303 g/mol. The first-order valence-corrected chi connectivity index (χ1v) is 9.42. The molecule has 1 fully saturated rings. The van der Waals surface area contributed by atoms with Crippen LogP contribution >= 0.6 is 11.8 Å². The third kappa shape index (κ3) is 5.92. The lowest BCUT2D eigenvalue weighted by atomic mass is 9.79. The van der Waals surface area contributed by atoms with Crippen molar-refractivity contribution >= 4 is 11.8 Å². The number of nitrogens with zero attached hydrogens (tertiary/aromatic N) is 1. The maximum atomic E-state index is 5.60. The Labute approximate surface area is 130 Å². The fraction of sp³-hybridized carbons (Fsp3) is 1.00. The van der Waals surface area contributed by atoms with Crippen LogP contribution in [0.1, 0.15) is 40.0 Å². The minimum absolute atomic E-state index is 0.392. The van der Waals surface area contributed by atoms with Gasteiger partial charge in [0.1, 0.15) is 0 Å². The normalized spacial score (nSPS) is 20.6. The molecule has 1 aliphatic heterocycles. The topological polar surface area (TPSA) is 24.5 Å². The molecule has 0 bridgehead atoms. The van der Waals surface area contributed by atoms with E-state index in [1.54, 1.807) is 0 Å². The van der Waals surface area contributed by atoms with Crippen LogP contribution in [0.3, 0.4) is 0 Å². The van der Waals surface area contributed by atoms with Crippen LogP contribution in [0.2, 0.25) is 0 Å². The van der Waals surface area contributed by atoms with E-state index < -0.39 is 0 Å². The molecule has 1 heterocycles. The van der Waals surface area contributed by atoms with E-state index >= 15 is 0 Å². The van der Waals surface area contributed by atoms with E-state index in [9.17, 15) is 0 Å². The van der Waals surface area contributed by atoms with Crippen molar-refractivity contribution in [2.45, 2.75) is 52.1 Å². The first kappa shape index (κ1) is 18.3. The van der Waals surface area contributed by atoms with Crippen molar-refractivity contribution in [3.8, 4) is 0 Å². The zero-order valence-electron chi connectivity index (χ0n) is 14.1. The van der Waals surface area contributed by atoms with Crippen LogP contribution in [0.25, 0.3) is 0 Å². The number of hydrogen-bond acceptors (Lipinski definition) is 4. The summed E-state index contributed by atoms with van der Waals surface area (Å²) in [5.41, 5.74) is 0.392. The fourth-order valence-corrected chi connectivity index (χ4v) is 3.90. The predicted molar refractivity (Wildman–Crippen MR) is 90.7 cm³/mol. The summed E-state index contributed by atoms with van der Waals surface area (Å²) in [6.45, 7) is 10.9. The van der Waals surface area contributed by atoms with E-state index in [1.807, 2.05) is 11.8 Å². The number of rotatable bonds is 9. The Balaban J connectivity index is 2.62. The van der Waals surface area contributed by atoms with E-state index in [4.69, 9.17) is 4.74 Å². The van der Waals surface area contributed by atoms with Crippen molar-refractivity contribution in [3.05, 3.63) is 0 Å². The van der Waals surface area contributed by atoms with Crippen molar-refractivity contribution in [2.75, 3.05) is 45.4 Å². The molecule has 1 N–H and O–H groups in total. The van der Waals surface area contributed by atoms with Gasteiger partial charge in [0.25, 0.3) is 0 Å². The number of thioether (sulfide) groups is 1. The van der Waals surface area contributed by atoms with Crippen LogP contribution in [0.4, 0.5) is 0 Å². The van der Waals surface area contributed by atoms with Crippen LogP contribution in [0.5, 0.6) is 0 Å². The summed E-state index contributed by atoms with van der Waals surface area (Å²) in [5.74, 6) is 1.23. The van der Waals surface area contributed by atoms with Gasteiger partial charge in [-0.3, -0.25) is 0 Å². The van der Waals surface area contributed by atoms with Crippen LogP contribution in [-0.2, 0) is 4.74 Å². The van der Waals surface area contributed by atoms with Gasteiger partial charge in [0, 0.05) is 44.1 Å². The number of nitrogens with one attached hydrogen (secondary N) is 1. The van der Waals surface area contributed by atoms with E-state index in [0.29, 0.717) is 17.5 Å². The molecule has 1 aliphatic rings. The Morgan fingerprint density at radius 2 is 1.95 bits per heavy atom. The summed E-state index contributed by atoms with van der Waals surface area (Å²) in [7, 11) is 2.30. The first-order chi connectivity index (χ1) is 9.53. The summed E-state index contributed by atoms with van der Waals surface area (Å²) in [5, 5.41) is 3.66. The van der Waals surface area contributed by atoms with Gasteiger partial charge in [-0.15, -0.1) is 0 Å². The highest BCUT2D eigenvalue weighted by Crippen LogP contribution is 2.31. The predicted octanol–water partition coefficient (Wildman–Crippen LogP) is 2.85. The summed E-state index contributed by atoms with van der Waals surface area (Å²) < 4.78 is 5.60. The lowest BCUT2D eigenvalue weighted by Crippen LogP contribution is -2.50. The second-order valence-corrected chi connectivity index (χ2v) is 7.49. The number of hydrogen-bond donors (Lipinski definition) is 1. The molecular formula is C16H34N2OS. The maximum absolute atomic E-state index is 5.60. The molecule has 0 radical (unpaired) electrons. The Bertz CT molecular complexity index is 255. The SMILES string of the molecule is CCC(CSC)N(C)CC1(CNC(C)C)CCOCC1. The van der Waals surface area contributed by atoms with Gasteiger partial charge in [-0.25, -0.2) is 0 Å². The van der Waals surface area contributed by atoms with Gasteiger partial charge in [0.15, 0.2) is 0 Å². The zero-order valence-corrected chi connectivity index (χ0v) is 14.9. The standard InChI is InChI=1S/C16H34N2OS/c1-6-15(11-20-5)18(4)13-16(12-17-14(2)3)7-9-19-10-8-16/h14-15,17H,6-13H2,1-5H3. The summed E-state index contributed by atoms with van der Waals surface area (Å²) in [6.07, 6.45) is 5.82. The van der Waals surface area contributed by atoms with Crippen molar-refractivity contribution in [2.24, 2.45) is 5.41 Å².